The fraction of sp³-hybridized carbons (Fsp3) is 0.588. The van der Waals surface area contributed by atoms with Crippen LogP contribution in [-0.4, -0.2) is 56.0 Å². The van der Waals surface area contributed by atoms with Crippen molar-refractivity contribution in [1.82, 2.24) is 9.80 Å². The van der Waals surface area contributed by atoms with Crippen molar-refractivity contribution in [1.29, 1.82) is 0 Å². The maximum Gasteiger partial charge on any atom is 0.227 e. The van der Waals surface area contributed by atoms with Gasteiger partial charge in [-0.25, -0.2) is 0 Å². The monoisotopic (exact) mass is 290 g/mol. The van der Waals surface area contributed by atoms with Crippen LogP contribution in [-0.2, 0) is 11.2 Å². The van der Waals surface area contributed by atoms with Gasteiger partial charge in [0.2, 0.25) is 5.91 Å². The van der Waals surface area contributed by atoms with Gasteiger partial charge in [-0.2, -0.15) is 0 Å². The van der Waals surface area contributed by atoms with Crippen LogP contribution in [0, 0.1) is 0 Å². The van der Waals surface area contributed by atoms with Gasteiger partial charge >= 0.3 is 0 Å². The number of carbonyl (C=O) groups is 1. The molecule has 4 nitrogen and oxygen atoms in total. The highest BCUT2D eigenvalue weighted by atomic mass is 16.5. The third-order valence-corrected chi connectivity index (χ3v) is 4.18. The number of piperazine rings is 1. The van der Waals surface area contributed by atoms with Crippen molar-refractivity contribution in [2.45, 2.75) is 26.2 Å². The van der Waals surface area contributed by atoms with Crippen LogP contribution in [0.25, 0.3) is 0 Å². The van der Waals surface area contributed by atoms with Gasteiger partial charge in [-0.3, -0.25) is 4.79 Å². The molecule has 0 bridgehead atoms. The summed E-state index contributed by atoms with van der Waals surface area (Å²) in [5.41, 5.74) is 2.22. The minimum Gasteiger partial charge on any atom is -0.496 e. The molecule has 1 aromatic carbocycles. The smallest absolute Gasteiger partial charge is 0.227 e. The normalized spacial score (nSPS) is 16.3. The Morgan fingerprint density at radius 2 is 1.90 bits per heavy atom. The maximum absolute atomic E-state index is 12.4. The number of hydrogen-bond donors (Lipinski definition) is 0. The van der Waals surface area contributed by atoms with Gasteiger partial charge in [-0.1, -0.05) is 26.0 Å². The molecular formula is C17H26N2O2. The number of rotatable bonds is 4. The lowest BCUT2D eigenvalue weighted by Crippen LogP contribution is -2.47. The first-order valence-corrected chi connectivity index (χ1v) is 7.64. The molecular weight excluding hydrogens is 264 g/mol. The van der Waals surface area contributed by atoms with E-state index < -0.39 is 0 Å². The molecule has 0 N–H and O–H groups in total. The Morgan fingerprint density at radius 1 is 1.24 bits per heavy atom. The van der Waals surface area contributed by atoms with E-state index in [0.29, 0.717) is 12.3 Å². The summed E-state index contributed by atoms with van der Waals surface area (Å²) in [5.74, 6) is 1.48. The Kier molecular flexibility index (Phi) is 5.23. The molecule has 1 saturated heterocycles. The number of nitrogens with zero attached hydrogens (tertiary/aromatic N) is 2. The van der Waals surface area contributed by atoms with E-state index in [9.17, 15) is 4.79 Å². The lowest BCUT2D eigenvalue weighted by molar-refractivity contribution is -0.132. The van der Waals surface area contributed by atoms with Crippen LogP contribution in [0.4, 0.5) is 0 Å². The van der Waals surface area contributed by atoms with E-state index in [1.165, 1.54) is 5.56 Å². The van der Waals surface area contributed by atoms with Gasteiger partial charge in [0.05, 0.1) is 13.5 Å². The fourth-order valence-electron chi connectivity index (χ4n) is 2.60. The van der Waals surface area contributed by atoms with E-state index in [-0.39, 0.29) is 5.91 Å². The standard InChI is InChI=1S/C17H26N2O2/c1-13(2)14-5-6-15(16(11-14)21-4)12-17(20)19-9-7-18(3)8-10-19/h5-6,11,13H,7-10,12H2,1-4H3. The van der Waals surface area contributed by atoms with Crippen molar-refractivity contribution >= 4 is 5.91 Å². The average Bonchev–Trinajstić information content (AvgIpc) is 2.48. The van der Waals surface area contributed by atoms with Crippen molar-refractivity contribution in [3.63, 3.8) is 0 Å². The van der Waals surface area contributed by atoms with Crippen molar-refractivity contribution in [3.8, 4) is 5.75 Å². The third-order valence-electron chi connectivity index (χ3n) is 4.18. The highest BCUT2D eigenvalue weighted by Crippen LogP contribution is 2.25. The molecule has 1 amide bonds. The number of hydrogen-bond acceptors (Lipinski definition) is 3. The second-order valence-electron chi connectivity index (χ2n) is 6.09. The summed E-state index contributed by atoms with van der Waals surface area (Å²) in [6.45, 7) is 7.86. The number of ether oxygens (including phenoxy) is 1. The molecule has 0 saturated carbocycles. The first-order valence-electron chi connectivity index (χ1n) is 7.64. The maximum atomic E-state index is 12.4. The van der Waals surface area contributed by atoms with E-state index in [1.54, 1.807) is 7.11 Å². The summed E-state index contributed by atoms with van der Waals surface area (Å²) in [5, 5.41) is 0. The molecule has 1 aliphatic heterocycles. The van der Waals surface area contributed by atoms with Crippen molar-refractivity contribution in [3.05, 3.63) is 29.3 Å². The van der Waals surface area contributed by atoms with Gasteiger partial charge in [-0.15, -0.1) is 0 Å². The van der Waals surface area contributed by atoms with Gasteiger partial charge in [0.15, 0.2) is 0 Å². The van der Waals surface area contributed by atoms with E-state index in [2.05, 4.69) is 37.9 Å². The molecule has 0 atom stereocenters. The minimum absolute atomic E-state index is 0.193. The minimum atomic E-state index is 0.193. The molecule has 1 aliphatic rings. The van der Waals surface area contributed by atoms with Crippen LogP contribution in [0.15, 0.2) is 18.2 Å². The summed E-state index contributed by atoms with van der Waals surface area (Å²) in [6, 6.07) is 6.18. The van der Waals surface area contributed by atoms with E-state index in [1.807, 2.05) is 11.0 Å². The summed E-state index contributed by atoms with van der Waals surface area (Å²) >= 11 is 0. The average molecular weight is 290 g/mol. The Hall–Kier alpha value is -1.55. The Balaban J connectivity index is 2.06. The zero-order chi connectivity index (χ0) is 15.4. The molecule has 0 spiro atoms. The highest BCUT2D eigenvalue weighted by molar-refractivity contribution is 5.79. The van der Waals surface area contributed by atoms with Crippen LogP contribution in [0.2, 0.25) is 0 Å². The Morgan fingerprint density at radius 3 is 2.48 bits per heavy atom. The molecule has 116 valence electrons. The van der Waals surface area contributed by atoms with E-state index in [0.717, 1.165) is 37.5 Å². The topological polar surface area (TPSA) is 32.8 Å². The van der Waals surface area contributed by atoms with Crippen molar-refractivity contribution in [2.24, 2.45) is 0 Å². The van der Waals surface area contributed by atoms with Gasteiger partial charge in [0.1, 0.15) is 5.75 Å². The zero-order valence-electron chi connectivity index (χ0n) is 13.6. The first-order chi connectivity index (χ1) is 10.0. The molecule has 0 unspecified atom stereocenters. The Labute approximate surface area is 127 Å². The molecule has 1 heterocycles. The van der Waals surface area contributed by atoms with Crippen molar-refractivity contribution < 1.29 is 9.53 Å². The summed E-state index contributed by atoms with van der Waals surface area (Å²) in [7, 11) is 3.76. The fourth-order valence-corrected chi connectivity index (χ4v) is 2.60. The van der Waals surface area contributed by atoms with E-state index in [4.69, 9.17) is 4.74 Å². The summed E-state index contributed by atoms with van der Waals surface area (Å²) in [4.78, 5) is 16.6. The van der Waals surface area contributed by atoms with Gasteiger partial charge < -0.3 is 14.5 Å². The number of amides is 1. The van der Waals surface area contributed by atoms with Crippen LogP contribution in [0.5, 0.6) is 5.75 Å². The molecule has 0 radical (unpaired) electrons. The quantitative estimate of drug-likeness (QED) is 0.851. The number of methoxy groups -OCH3 is 1. The third kappa shape index (κ3) is 3.97. The van der Waals surface area contributed by atoms with Gasteiger partial charge in [0.25, 0.3) is 0 Å². The predicted molar refractivity (Wildman–Crippen MR) is 84.9 cm³/mol. The number of carbonyl (C=O) groups excluding carboxylic acids is 1. The lowest BCUT2D eigenvalue weighted by atomic mass is 9.99. The first kappa shape index (κ1) is 15.8. The lowest BCUT2D eigenvalue weighted by Gasteiger charge is -2.32. The Bertz CT molecular complexity index is 492. The molecule has 4 heteroatoms. The molecule has 2 rings (SSSR count). The molecule has 21 heavy (non-hydrogen) atoms. The zero-order valence-corrected chi connectivity index (χ0v) is 13.6. The number of likely N-dealkylation sites (N-methyl/N-ethyl adjacent to an activating group) is 1. The van der Waals surface area contributed by atoms with Crippen LogP contribution >= 0.6 is 0 Å². The molecule has 0 aliphatic carbocycles. The number of benzene rings is 1. The highest BCUT2D eigenvalue weighted by Gasteiger charge is 2.20. The molecule has 1 fully saturated rings. The molecule has 1 aromatic rings. The van der Waals surface area contributed by atoms with Crippen LogP contribution in [0.1, 0.15) is 30.9 Å². The largest absolute Gasteiger partial charge is 0.496 e. The van der Waals surface area contributed by atoms with Gasteiger partial charge in [0, 0.05) is 31.7 Å². The second-order valence-corrected chi connectivity index (χ2v) is 6.09. The van der Waals surface area contributed by atoms with Gasteiger partial charge in [-0.05, 0) is 24.6 Å². The van der Waals surface area contributed by atoms with Crippen LogP contribution < -0.4 is 4.74 Å². The predicted octanol–water partition coefficient (Wildman–Crippen LogP) is 2.14. The summed E-state index contributed by atoms with van der Waals surface area (Å²) < 4.78 is 5.46. The second kappa shape index (κ2) is 6.94. The molecule has 0 aromatic heterocycles. The summed E-state index contributed by atoms with van der Waals surface area (Å²) in [6.07, 6.45) is 0.422. The SMILES string of the molecule is COc1cc(C(C)C)ccc1CC(=O)N1CCN(C)CC1. The van der Waals surface area contributed by atoms with E-state index >= 15 is 0 Å². The van der Waals surface area contributed by atoms with Crippen LogP contribution in [0.3, 0.4) is 0 Å². The van der Waals surface area contributed by atoms with Crippen molar-refractivity contribution in [2.75, 3.05) is 40.3 Å².